The Kier molecular flexibility index (Phi) is 5.75. The molecule has 0 saturated carbocycles. The Labute approximate surface area is 171 Å². The van der Waals surface area contributed by atoms with Crippen molar-refractivity contribution in [3.63, 3.8) is 0 Å². The van der Waals surface area contributed by atoms with Gasteiger partial charge in [-0.15, -0.1) is 0 Å². The van der Waals surface area contributed by atoms with Gasteiger partial charge in [0.2, 0.25) is 0 Å². The molecule has 0 saturated heterocycles. The predicted octanol–water partition coefficient (Wildman–Crippen LogP) is 6.09. The van der Waals surface area contributed by atoms with Crippen molar-refractivity contribution in [1.29, 1.82) is 0 Å². The molecule has 0 amide bonds. The number of pyridine rings is 1. The molecule has 0 fully saturated rings. The van der Waals surface area contributed by atoms with Gasteiger partial charge in [0, 0.05) is 23.3 Å². The molecule has 0 atom stereocenters. The van der Waals surface area contributed by atoms with Gasteiger partial charge in [0.15, 0.2) is 5.11 Å². The molecule has 0 aliphatic rings. The number of benzene rings is 2. The third kappa shape index (κ3) is 4.90. The first-order valence-electron chi connectivity index (χ1n) is 8.27. The van der Waals surface area contributed by atoms with Crippen LogP contribution in [-0.4, -0.2) is 17.2 Å². The van der Waals surface area contributed by atoms with Crippen LogP contribution in [0.15, 0.2) is 48.7 Å². The summed E-state index contributed by atoms with van der Waals surface area (Å²) in [5.74, 6) is 0.458. The summed E-state index contributed by atoms with van der Waals surface area (Å²) in [4.78, 5) is 4.21. The highest BCUT2D eigenvalue weighted by Gasteiger charge is 2.37. The fourth-order valence-corrected chi connectivity index (χ4v) is 2.92. The van der Waals surface area contributed by atoms with Gasteiger partial charge >= 0.3 is 12.4 Å². The molecule has 0 bridgehead atoms. The number of nitrogens with one attached hydrogen (secondary N) is 2. The highest BCUT2D eigenvalue weighted by Crippen LogP contribution is 2.37. The summed E-state index contributed by atoms with van der Waals surface area (Å²) in [7, 11) is 1.44. The zero-order chi connectivity index (χ0) is 22.1. The van der Waals surface area contributed by atoms with Gasteiger partial charge in [-0.3, -0.25) is 4.98 Å². The van der Waals surface area contributed by atoms with Crippen molar-refractivity contribution >= 4 is 39.6 Å². The van der Waals surface area contributed by atoms with E-state index in [1.54, 1.807) is 24.3 Å². The van der Waals surface area contributed by atoms with Crippen molar-refractivity contribution in [2.24, 2.45) is 0 Å². The Balaban J connectivity index is 1.93. The zero-order valence-corrected chi connectivity index (χ0v) is 16.0. The smallest absolute Gasteiger partial charge is 0.416 e. The van der Waals surface area contributed by atoms with Crippen LogP contribution < -0.4 is 15.4 Å². The van der Waals surface area contributed by atoms with Crippen molar-refractivity contribution in [3.05, 3.63) is 59.8 Å². The molecule has 3 aromatic rings. The normalized spacial score (nSPS) is 12.0. The van der Waals surface area contributed by atoms with Gasteiger partial charge in [-0.25, -0.2) is 0 Å². The van der Waals surface area contributed by atoms with Crippen molar-refractivity contribution in [3.8, 4) is 5.75 Å². The van der Waals surface area contributed by atoms with Crippen LogP contribution in [0.25, 0.3) is 10.9 Å². The van der Waals surface area contributed by atoms with Gasteiger partial charge in [0.1, 0.15) is 5.75 Å². The van der Waals surface area contributed by atoms with Gasteiger partial charge < -0.3 is 15.4 Å². The first-order chi connectivity index (χ1) is 14.0. The van der Waals surface area contributed by atoms with E-state index in [1.165, 1.54) is 13.3 Å². The number of rotatable bonds is 3. The number of ether oxygens (including phenoxy) is 1. The van der Waals surface area contributed by atoms with Crippen LogP contribution in [0.3, 0.4) is 0 Å². The van der Waals surface area contributed by atoms with Crippen molar-refractivity contribution in [2.75, 3.05) is 17.7 Å². The number of anilines is 2. The fraction of sp³-hybridized carbons (Fsp3) is 0.158. The molecule has 1 aromatic heterocycles. The number of methoxy groups -OCH3 is 1. The van der Waals surface area contributed by atoms with E-state index in [-0.39, 0.29) is 11.2 Å². The Morgan fingerprint density at radius 2 is 1.57 bits per heavy atom. The number of hydrogen-bond donors (Lipinski definition) is 2. The molecule has 11 heteroatoms. The van der Waals surface area contributed by atoms with Crippen LogP contribution in [0, 0.1) is 0 Å². The molecular formula is C19H13F6N3OS. The predicted molar refractivity (Wildman–Crippen MR) is 105 cm³/mol. The summed E-state index contributed by atoms with van der Waals surface area (Å²) >= 11 is 5.08. The number of fused-ring (bicyclic) bond motifs is 1. The molecule has 0 unspecified atom stereocenters. The Morgan fingerprint density at radius 1 is 0.933 bits per heavy atom. The molecule has 30 heavy (non-hydrogen) atoms. The molecule has 0 aliphatic carbocycles. The summed E-state index contributed by atoms with van der Waals surface area (Å²) in [6.45, 7) is 0. The van der Waals surface area contributed by atoms with Crippen LogP contribution in [0.2, 0.25) is 0 Å². The van der Waals surface area contributed by atoms with Crippen molar-refractivity contribution in [2.45, 2.75) is 12.4 Å². The number of alkyl halides is 6. The molecule has 2 N–H and O–H groups in total. The third-order valence-electron chi connectivity index (χ3n) is 4.01. The number of nitrogens with zero attached hydrogens (tertiary/aromatic N) is 1. The Morgan fingerprint density at radius 3 is 2.13 bits per heavy atom. The van der Waals surface area contributed by atoms with Gasteiger partial charge in [-0.1, -0.05) is 6.07 Å². The molecule has 0 radical (unpaired) electrons. The minimum absolute atomic E-state index is 0.0428. The van der Waals surface area contributed by atoms with E-state index in [9.17, 15) is 26.3 Å². The lowest BCUT2D eigenvalue weighted by atomic mass is 10.1. The Bertz CT molecular complexity index is 1070. The lowest BCUT2D eigenvalue weighted by molar-refractivity contribution is -0.143. The third-order valence-corrected chi connectivity index (χ3v) is 4.21. The van der Waals surface area contributed by atoms with E-state index < -0.39 is 29.2 Å². The van der Waals surface area contributed by atoms with Crippen LogP contribution in [-0.2, 0) is 12.4 Å². The maximum absolute atomic E-state index is 13.0. The minimum atomic E-state index is -4.96. The van der Waals surface area contributed by atoms with E-state index in [0.717, 1.165) is 0 Å². The number of thiocarbonyl (C=S) groups is 1. The van der Waals surface area contributed by atoms with Crippen LogP contribution in [0.4, 0.5) is 37.7 Å². The van der Waals surface area contributed by atoms with Crippen LogP contribution in [0.5, 0.6) is 5.75 Å². The summed E-state index contributed by atoms with van der Waals surface area (Å²) < 4.78 is 83.3. The van der Waals surface area contributed by atoms with E-state index in [0.29, 0.717) is 34.5 Å². The highest BCUT2D eigenvalue weighted by molar-refractivity contribution is 7.80. The first kappa shape index (κ1) is 21.6. The summed E-state index contributed by atoms with van der Waals surface area (Å²) in [5, 5.41) is 5.58. The molecule has 1 heterocycles. The first-order valence-corrected chi connectivity index (χ1v) is 8.68. The number of halogens is 6. The topological polar surface area (TPSA) is 46.2 Å². The van der Waals surface area contributed by atoms with E-state index in [4.69, 9.17) is 17.0 Å². The molecule has 158 valence electrons. The maximum Gasteiger partial charge on any atom is 0.416 e. The second-order valence-corrected chi connectivity index (χ2v) is 6.53. The minimum Gasteiger partial charge on any atom is -0.497 e. The molecule has 3 rings (SSSR count). The standard InChI is InChI=1S/C19H13F6N3OS/c1-29-14-5-10-3-2-4-26-16(10)15(9-14)28-17(30)27-13-7-11(18(20,21)22)6-12(8-13)19(23,24)25/h2-9H,1H3,(H2,27,28,30). The molecular weight excluding hydrogens is 432 g/mol. The van der Waals surface area contributed by atoms with Crippen LogP contribution >= 0.6 is 12.2 Å². The fourth-order valence-electron chi connectivity index (χ4n) is 2.69. The quantitative estimate of drug-likeness (QED) is 0.377. The van der Waals surface area contributed by atoms with Gasteiger partial charge in [-0.05, 0) is 42.5 Å². The second kappa shape index (κ2) is 7.98. The number of aromatic nitrogens is 1. The SMILES string of the molecule is COc1cc(NC(=S)Nc2cc(C(F)(F)F)cc(C(F)(F)F)c2)c2ncccc2c1. The molecule has 2 aromatic carbocycles. The largest absolute Gasteiger partial charge is 0.497 e. The lowest BCUT2D eigenvalue weighted by Gasteiger charge is -2.17. The zero-order valence-electron chi connectivity index (χ0n) is 15.2. The average Bonchev–Trinajstić information content (AvgIpc) is 2.66. The van der Waals surface area contributed by atoms with E-state index in [1.807, 2.05) is 0 Å². The maximum atomic E-state index is 13.0. The Hall–Kier alpha value is -3.08. The van der Waals surface area contributed by atoms with Crippen molar-refractivity contribution in [1.82, 2.24) is 4.98 Å². The van der Waals surface area contributed by atoms with E-state index in [2.05, 4.69) is 15.6 Å². The lowest BCUT2D eigenvalue weighted by Crippen LogP contribution is -2.21. The summed E-state index contributed by atoms with van der Waals surface area (Å²) in [6.07, 6.45) is -8.39. The monoisotopic (exact) mass is 445 g/mol. The number of hydrogen-bond acceptors (Lipinski definition) is 3. The summed E-state index contributed by atoms with van der Waals surface area (Å²) in [6, 6.07) is 7.86. The van der Waals surface area contributed by atoms with Gasteiger partial charge in [0.05, 0.1) is 29.4 Å². The van der Waals surface area contributed by atoms with E-state index >= 15 is 0 Å². The van der Waals surface area contributed by atoms with Gasteiger partial charge in [-0.2, -0.15) is 26.3 Å². The second-order valence-electron chi connectivity index (χ2n) is 6.12. The highest BCUT2D eigenvalue weighted by atomic mass is 32.1. The van der Waals surface area contributed by atoms with Crippen molar-refractivity contribution < 1.29 is 31.1 Å². The molecule has 4 nitrogen and oxygen atoms in total. The van der Waals surface area contributed by atoms with Gasteiger partial charge in [0.25, 0.3) is 0 Å². The molecule has 0 aliphatic heterocycles. The van der Waals surface area contributed by atoms with Crippen LogP contribution in [0.1, 0.15) is 11.1 Å². The molecule has 0 spiro atoms. The summed E-state index contributed by atoms with van der Waals surface area (Å²) in [5.41, 5.74) is -2.50. The average molecular weight is 445 g/mol.